The molecule has 4 atom stereocenters. The summed E-state index contributed by atoms with van der Waals surface area (Å²) in [4.78, 5) is 48.5. The van der Waals surface area contributed by atoms with Crippen molar-refractivity contribution in [3.05, 3.63) is 62.5 Å². The van der Waals surface area contributed by atoms with E-state index >= 15 is 0 Å². The van der Waals surface area contributed by atoms with Crippen molar-refractivity contribution in [1.29, 1.82) is 0 Å². The molecule has 0 bridgehead atoms. The second-order valence-electron chi connectivity index (χ2n) is 10.9. The van der Waals surface area contributed by atoms with Crippen LogP contribution in [0.5, 0.6) is 0 Å². The first-order chi connectivity index (χ1) is 21.7. The summed E-state index contributed by atoms with van der Waals surface area (Å²) in [6.07, 6.45) is -5.38. The molecule has 1 fully saturated rings. The Kier molecular flexibility index (Phi) is 11.1. The standard InChI is InChI=1S/C29H32ClF4N5O6S/c1-5-44-21(40)12-28(3,38-27(42)29(32,33)34)11-20-39(15(2)14-45-20)13-19-22(26(41)43-4)23(17-7-6-16(31)10-18(17)30)37-24(36-19)25-35-8-9-46-25/h6-10,15,20,23H,5,11-14H2,1-4H3,(H,36,37)(H,38,42)/t15?,20?,23-,28?/m0/s1. The van der Waals surface area contributed by atoms with Crippen LogP contribution in [-0.4, -0.2) is 84.4 Å². The van der Waals surface area contributed by atoms with Crippen LogP contribution in [0.15, 0.2) is 46.0 Å². The van der Waals surface area contributed by atoms with E-state index in [1.807, 2.05) is 12.2 Å². The smallest absolute Gasteiger partial charge is 0.466 e. The number of esters is 2. The Hall–Kier alpha value is -3.60. The molecule has 1 amide bonds. The minimum absolute atomic E-state index is 0.0103. The number of amides is 1. The number of aliphatic imine (C=N–C) groups is 1. The number of carbonyl (C=O) groups is 3. The van der Waals surface area contributed by atoms with Gasteiger partial charge >= 0.3 is 24.0 Å². The molecule has 1 aromatic heterocycles. The van der Waals surface area contributed by atoms with Crippen LogP contribution in [0.25, 0.3) is 0 Å². The molecule has 2 aromatic rings. The molecule has 11 nitrogen and oxygen atoms in total. The molecular weight excluding hydrogens is 658 g/mol. The maximum absolute atomic E-state index is 14.0. The SMILES string of the molecule is CCOC(=O)CC(C)(CC1OCC(C)N1CC1=C(C(=O)OC)[C@H](c2ccc(F)cc2Cl)N=C(c2nccs2)N1)NC(=O)C(F)(F)F. The number of halogens is 5. The molecule has 0 aliphatic carbocycles. The van der Waals surface area contributed by atoms with Gasteiger partial charge in [-0.3, -0.25) is 19.5 Å². The molecule has 2 N–H and O–H groups in total. The number of rotatable bonds is 11. The maximum Gasteiger partial charge on any atom is 0.471 e. The van der Waals surface area contributed by atoms with Crippen molar-refractivity contribution in [3.63, 3.8) is 0 Å². The molecule has 2 aliphatic rings. The highest BCUT2D eigenvalue weighted by Crippen LogP contribution is 2.38. The number of thiazole rings is 1. The van der Waals surface area contributed by atoms with Gasteiger partial charge in [-0.15, -0.1) is 11.3 Å². The van der Waals surface area contributed by atoms with Gasteiger partial charge in [-0.25, -0.2) is 14.2 Å². The quantitative estimate of drug-likeness (QED) is 0.262. The fourth-order valence-corrected chi connectivity index (χ4v) is 6.10. The molecule has 1 aromatic carbocycles. The van der Waals surface area contributed by atoms with Crippen LogP contribution in [0.4, 0.5) is 17.6 Å². The number of nitrogens with zero attached hydrogens (tertiary/aromatic N) is 3. The summed E-state index contributed by atoms with van der Waals surface area (Å²) < 4.78 is 69.9. The second-order valence-corrected chi connectivity index (χ2v) is 12.2. The average molecular weight is 690 g/mol. The summed E-state index contributed by atoms with van der Waals surface area (Å²) in [6, 6.07) is 2.30. The van der Waals surface area contributed by atoms with E-state index in [0.717, 1.165) is 6.07 Å². The first-order valence-electron chi connectivity index (χ1n) is 14.1. The summed E-state index contributed by atoms with van der Waals surface area (Å²) in [5, 5.41) is 7.32. The minimum atomic E-state index is -5.20. The normalized spacial score (nSPS) is 21.7. The van der Waals surface area contributed by atoms with Crippen molar-refractivity contribution in [3.8, 4) is 0 Å². The van der Waals surface area contributed by atoms with Crippen molar-refractivity contribution in [2.24, 2.45) is 4.99 Å². The first kappa shape index (κ1) is 35.3. The number of aromatic nitrogens is 1. The molecule has 2 aliphatic heterocycles. The van der Waals surface area contributed by atoms with Gasteiger partial charge in [-0.1, -0.05) is 17.7 Å². The van der Waals surface area contributed by atoms with Crippen molar-refractivity contribution < 1.29 is 46.2 Å². The molecule has 0 saturated carbocycles. The molecule has 0 spiro atoms. The Morgan fingerprint density at radius 2 is 2.02 bits per heavy atom. The first-order valence-corrected chi connectivity index (χ1v) is 15.3. The third-order valence-electron chi connectivity index (χ3n) is 7.37. The van der Waals surface area contributed by atoms with Gasteiger partial charge in [0.1, 0.15) is 18.1 Å². The maximum atomic E-state index is 14.0. The predicted octanol–water partition coefficient (Wildman–Crippen LogP) is 4.28. The number of alkyl halides is 3. The Balaban J connectivity index is 1.74. The fourth-order valence-electron chi connectivity index (χ4n) is 5.24. The van der Waals surface area contributed by atoms with Gasteiger partial charge in [0.15, 0.2) is 10.8 Å². The number of hydrogen-bond donors (Lipinski definition) is 2. The van der Waals surface area contributed by atoms with Crippen LogP contribution in [0.2, 0.25) is 5.02 Å². The number of amidine groups is 1. The Bertz CT molecular complexity index is 1520. The van der Waals surface area contributed by atoms with Crippen LogP contribution < -0.4 is 10.6 Å². The van der Waals surface area contributed by atoms with E-state index in [0.29, 0.717) is 16.3 Å². The van der Waals surface area contributed by atoms with Crippen LogP contribution >= 0.6 is 22.9 Å². The zero-order chi connectivity index (χ0) is 33.8. The average Bonchev–Trinajstić information content (AvgIpc) is 3.62. The lowest BCUT2D eigenvalue weighted by Crippen LogP contribution is -2.55. The highest BCUT2D eigenvalue weighted by molar-refractivity contribution is 7.11. The van der Waals surface area contributed by atoms with E-state index in [1.165, 1.54) is 37.5 Å². The number of methoxy groups -OCH3 is 1. The lowest BCUT2D eigenvalue weighted by atomic mass is 9.91. The van der Waals surface area contributed by atoms with Crippen LogP contribution in [0, 0.1) is 5.82 Å². The second kappa shape index (κ2) is 14.4. The molecule has 3 unspecified atom stereocenters. The summed E-state index contributed by atoms with van der Waals surface area (Å²) in [5.41, 5.74) is -1.07. The molecule has 4 rings (SSSR count). The monoisotopic (exact) mass is 689 g/mol. The zero-order valence-corrected chi connectivity index (χ0v) is 26.8. The fraction of sp³-hybridized carbons (Fsp3) is 0.483. The van der Waals surface area contributed by atoms with Gasteiger partial charge in [0, 0.05) is 46.9 Å². The van der Waals surface area contributed by atoms with Gasteiger partial charge in [0.2, 0.25) is 0 Å². The van der Waals surface area contributed by atoms with Gasteiger partial charge in [-0.05, 0) is 32.9 Å². The number of benzene rings is 1. The third kappa shape index (κ3) is 8.21. The minimum Gasteiger partial charge on any atom is -0.466 e. The van der Waals surface area contributed by atoms with Crippen molar-refractivity contribution >= 4 is 46.6 Å². The van der Waals surface area contributed by atoms with E-state index in [9.17, 15) is 31.9 Å². The molecule has 46 heavy (non-hydrogen) atoms. The van der Waals surface area contributed by atoms with Gasteiger partial charge in [0.05, 0.1) is 37.9 Å². The van der Waals surface area contributed by atoms with Crippen LogP contribution in [0.1, 0.15) is 50.2 Å². The third-order valence-corrected chi connectivity index (χ3v) is 8.47. The molecule has 1 saturated heterocycles. The van der Waals surface area contributed by atoms with Gasteiger partial charge < -0.3 is 24.8 Å². The molecule has 17 heteroatoms. The lowest BCUT2D eigenvalue weighted by Gasteiger charge is -2.37. The van der Waals surface area contributed by atoms with Gasteiger partial charge in [0.25, 0.3) is 0 Å². The molecule has 0 radical (unpaired) electrons. The van der Waals surface area contributed by atoms with E-state index in [1.54, 1.807) is 23.4 Å². The van der Waals surface area contributed by atoms with Gasteiger partial charge in [-0.2, -0.15) is 13.2 Å². The number of carbonyl (C=O) groups excluding carboxylic acids is 3. The van der Waals surface area contributed by atoms with Crippen molar-refractivity contribution in [2.75, 3.05) is 26.9 Å². The van der Waals surface area contributed by atoms with Crippen molar-refractivity contribution in [2.45, 2.75) is 63.6 Å². The Labute approximate surface area is 270 Å². The summed E-state index contributed by atoms with van der Waals surface area (Å²) in [5.74, 6) is -4.09. The topological polar surface area (TPSA) is 131 Å². The zero-order valence-electron chi connectivity index (χ0n) is 25.2. The summed E-state index contributed by atoms with van der Waals surface area (Å²) in [6.45, 7) is 4.75. The van der Waals surface area contributed by atoms with E-state index in [-0.39, 0.29) is 48.7 Å². The predicted molar refractivity (Wildman–Crippen MR) is 159 cm³/mol. The number of ether oxygens (including phenoxy) is 3. The summed E-state index contributed by atoms with van der Waals surface area (Å²) in [7, 11) is 1.19. The van der Waals surface area contributed by atoms with Crippen molar-refractivity contribution in [1.82, 2.24) is 20.5 Å². The largest absolute Gasteiger partial charge is 0.471 e. The van der Waals surface area contributed by atoms with Crippen LogP contribution in [0.3, 0.4) is 0 Å². The number of hydrogen-bond acceptors (Lipinski definition) is 11. The Morgan fingerprint density at radius 3 is 2.63 bits per heavy atom. The summed E-state index contributed by atoms with van der Waals surface area (Å²) >= 11 is 7.69. The molecule has 3 heterocycles. The molecule has 250 valence electrons. The van der Waals surface area contributed by atoms with Crippen LogP contribution in [-0.2, 0) is 28.6 Å². The Morgan fingerprint density at radius 1 is 1.28 bits per heavy atom. The molecular formula is C29H32ClF4N5O6S. The van der Waals surface area contributed by atoms with E-state index < -0.39 is 54.1 Å². The van der Waals surface area contributed by atoms with E-state index in [2.05, 4.69) is 10.3 Å². The number of nitrogens with one attached hydrogen (secondary N) is 2. The highest BCUT2D eigenvalue weighted by atomic mass is 35.5. The highest BCUT2D eigenvalue weighted by Gasteiger charge is 2.46. The lowest BCUT2D eigenvalue weighted by molar-refractivity contribution is -0.176. The van der Waals surface area contributed by atoms with E-state index in [4.69, 9.17) is 30.8 Å².